The smallest absolute Gasteiger partial charge is 0.335 e. The van der Waals surface area contributed by atoms with Crippen molar-refractivity contribution in [3.8, 4) is 0 Å². The Morgan fingerprint density at radius 1 is 1.54 bits per heavy atom. The van der Waals surface area contributed by atoms with Crippen molar-refractivity contribution in [2.75, 3.05) is 0 Å². The van der Waals surface area contributed by atoms with Gasteiger partial charge in [0.15, 0.2) is 0 Å². The number of aliphatic imine (C=N–C) groups is 1. The average molecular weight is 184 g/mol. The molecule has 0 spiro atoms. The van der Waals surface area contributed by atoms with E-state index in [2.05, 4.69) is 4.99 Å². The van der Waals surface area contributed by atoms with Gasteiger partial charge in [0.25, 0.3) is 0 Å². The Morgan fingerprint density at radius 2 is 2.15 bits per heavy atom. The second-order valence-corrected chi connectivity index (χ2v) is 2.60. The molecule has 0 aromatic rings. The maximum atomic E-state index is 10.5. The number of carbonyl (C=O) groups is 2. The Kier molecular flexibility index (Phi) is 2.32. The number of nitrogens with zero attached hydrogens (tertiary/aromatic N) is 1. The molecule has 0 saturated heterocycles. The van der Waals surface area contributed by atoms with E-state index in [-0.39, 0.29) is 17.8 Å². The van der Waals surface area contributed by atoms with Crippen LogP contribution in [0.2, 0.25) is 0 Å². The van der Waals surface area contributed by atoms with Gasteiger partial charge in [-0.25, -0.2) is 9.79 Å². The van der Waals surface area contributed by atoms with Crippen molar-refractivity contribution in [3.05, 3.63) is 11.4 Å². The van der Waals surface area contributed by atoms with Gasteiger partial charge in [-0.3, -0.25) is 4.79 Å². The Bertz CT molecular complexity index is 318. The fourth-order valence-electron chi connectivity index (χ4n) is 0.973. The van der Waals surface area contributed by atoms with E-state index in [0.717, 1.165) is 6.21 Å². The molecule has 70 valence electrons. The highest BCUT2D eigenvalue weighted by atomic mass is 16.4. The van der Waals surface area contributed by atoms with E-state index in [1.807, 2.05) is 0 Å². The minimum absolute atomic E-state index is 0.111. The number of hydrogen-bond donors (Lipinski definition) is 3. The van der Waals surface area contributed by atoms with Gasteiger partial charge in [-0.15, -0.1) is 0 Å². The largest absolute Gasteiger partial charge is 0.481 e. The quantitative estimate of drug-likeness (QED) is 0.531. The molecule has 1 atom stereocenters. The van der Waals surface area contributed by atoms with Crippen LogP contribution < -0.4 is 5.73 Å². The SMILES string of the molecule is NC1=C(C(=O)O)CC(C(=O)O)C=N1. The normalized spacial score (nSPS) is 21.7. The first-order valence-electron chi connectivity index (χ1n) is 3.51. The van der Waals surface area contributed by atoms with Crippen LogP contribution in [0.15, 0.2) is 16.4 Å². The minimum atomic E-state index is -1.22. The topological polar surface area (TPSA) is 113 Å². The summed E-state index contributed by atoms with van der Waals surface area (Å²) in [5, 5.41) is 17.2. The van der Waals surface area contributed by atoms with E-state index in [1.54, 1.807) is 0 Å². The highest BCUT2D eigenvalue weighted by Crippen LogP contribution is 2.18. The molecule has 0 aromatic heterocycles. The zero-order valence-corrected chi connectivity index (χ0v) is 6.60. The zero-order valence-electron chi connectivity index (χ0n) is 6.60. The standard InChI is InChI=1S/C7H8N2O4/c8-5-4(7(12)13)1-3(2-9-5)6(10)11/h2-3H,1,8H2,(H,10,11)(H,12,13). The van der Waals surface area contributed by atoms with Gasteiger partial charge in [0.2, 0.25) is 0 Å². The zero-order chi connectivity index (χ0) is 10.0. The third-order valence-electron chi connectivity index (χ3n) is 1.70. The molecule has 13 heavy (non-hydrogen) atoms. The lowest BCUT2D eigenvalue weighted by Gasteiger charge is -2.13. The second-order valence-electron chi connectivity index (χ2n) is 2.60. The summed E-state index contributed by atoms with van der Waals surface area (Å²) in [4.78, 5) is 24.5. The number of carboxylic acids is 2. The van der Waals surface area contributed by atoms with Gasteiger partial charge in [0, 0.05) is 12.6 Å². The predicted octanol–water partition coefficient (Wildman–Crippen LogP) is -0.583. The summed E-state index contributed by atoms with van der Waals surface area (Å²) in [7, 11) is 0. The molecular formula is C7H8N2O4. The molecule has 1 rings (SSSR count). The van der Waals surface area contributed by atoms with Crippen molar-refractivity contribution in [1.82, 2.24) is 0 Å². The first kappa shape index (κ1) is 9.24. The highest BCUT2D eigenvalue weighted by Gasteiger charge is 2.25. The lowest BCUT2D eigenvalue weighted by molar-refractivity contribution is -0.139. The molecule has 4 N–H and O–H groups in total. The molecule has 1 aliphatic heterocycles. The van der Waals surface area contributed by atoms with Gasteiger partial charge in [0.1, 0.15) is 5.82 Å². The van der Waals surface area contributed by atoms with E-state index in [9.17, 15) is 9.59 Å². The van der Waals surface area contributed by atoms with Gasteiger partial charge >= 0.3 is 11.9 Å². The summed E-state index contributed by atoms with van der Waals surface area (Å²) in [5.41, 5.74) is 5.11. The molecule has 0 fully saturated rings. The molecular weight excluding hydrogens is 176 g/mol. The molecule has 0 radical (unpaired) electrons. The number of hydrogen-bond acceptors (Lipinski definition) is 4. The van der Waals surface area contributed by atoms with Gasteiger partial charge in [0.05, 0.1) is 11.5 Å². The van der Waals surface area contributed by atoms with Crippen LogP contribution in [0, 0.1) is 5.92 Å². The summed E-state index contributed by atoms with van der Waals surface area (Å²) >= 11 is 0. The Balaban J connectivity index is 2.90. The van der Waals surface area contributed by atoms with E-state index in [0.29, 0.717) is 0 Å². The molecule has 1 unspecified atom stereocenters. The van der Waals surface area contributed by atoms with Gasteiger partial charge in [-0.1, -0.05) is 0 Å². The molecule has 6 nitrogen and oxygen atoms in total. The van der Waals surface area contributed by atoms with Crippen LogP contribution in [0.5, 0.6) is 0 Å². The van der Waals surface area contributed by atoms with Gasteiger partial charge in [-0.05, 0) is 0 Å². The first-order chi connectivity index (χ1) is 6.02. The van der Waals surface area contributed by atoms with Crippen molar-refractivity contribution in [3.63, 3.8) is 0 Å². The van der Waals surface area contributed by atoms with E-state index >= 15 is 0 Å². The molecule has 0 bridgehead atoms. The summed E-state index contributed by atoms with van der Waals surface area (Å²) in [5.74, 6) is -3.33. The van der Waals surface area contributed by atoms with Crippen LogP contribution in [0.1, 0.15) is 6.42 Å². The van der Waals surface area contributed by atoms with Crippen molar-refractivity contribution < 1.29 is 19.8 Å². The first-order valence-corrected chi connectivity index (χ1v) is 3.51. The molecule has 1 aliphatic rings. The van der Waals surface area contributed by atoms with Crippen LogP contribution in [0.25, 0.3) is 0 Å². The lowest BCUT2D eigenvalue weighted by atomic mass is 9.98. The van der Waals surface area contributed by atoms with Crippen LogP contribution in [-0.4, -0.2) is 28.4 Å². The maximum Gasteiger partial charge on any atom is 0.335 e. The van der Waals surface area contributed by atoms with Crippen molar-refractivity contribution in [2.45, 2.75) is 6.42 Å². The number of carboxylic acid groups (broad SMARTS) is 2. The Morgan fingerprint density at radius 3 is 2.62 bits per heavy atom. The molecule has 0 aromatic carbocycles. The fraction of sp³-hybridized carbons (Fsp3) is 0.286. The van der Waals surface area contributed by atoms with Crippen molar-refractivity contribution in [1.29, 1.82) is 0 Å². The Hall–Kier alpha value is -1.85. The lowest BCUT2D eigenvalue weighted by Crippen LogP contribution is -2.24. The van der Waals surface area contributed by atoms with Crippen LogP contribution in [0.3, 0.4) is 0 Å². The maximum absolute atomic E-state index is 10.5. The fourth-order valence-corrected chi connectivity index (χ4v) is 0.973. The number of nitrogens with two attached hydrogens (primary N) is 1. The van der Waals surface area contributed by atoms with Crippen LogP contribution in [0.4, 0.5) is 0 Å². The minimum Gasteiger partial charge on any atom is -0.481 e. The highest BCUT2D eigenvalue weighted by molar-refractivity contribution is 5.95. The summed E-state index contributed by atoms with van der Waals surface area (Å²) in [6, 6.07) is 0. The monoisotopic (exact) mass is 184 g/mol. The van der Waals surface area contributed by atoms with Gasteiger partial charge < -0.3 is 15.9 Å². The molecule has 6 heteroatoms. The average Bonchev–Trinajstić information content (AvgIpc) is 2.04. The third-order valence-corrected chi connectivity index (χ3v) is 1.70. The van der Waals surface area contributed by atoms with E-state index in [4.69, 9.17) is 15.9 Å². The number of aliphatic carboxylic acids is 2. The Labute approximate surface area is 73.4 Å². The molecule has 0 amide bonds. The van der Waals surface area contributed by atoms with E-state index < -0.39 is 17.9 Å². The molecule has 1 heterocycles. The van der Waals surface area contributed by atoms with Crippen LogP contribution >= 0.6 is 0 Å². The molecule has 0 aliphatic carbocycles. The van der Waals surface area contributed by atoms with Gasteiger partial charge in [-0.2, -0.15) is 0 Å². The predicted molar refractivity (Wildman–Crippen MR) is 43.1 cm³/mol. The summed E-state index contributed by atoms with van der Waals surface area (Å²) in [6.45, 7) is 0. The van der Waals surface area contributed by atoms with E-state index in [1.165, 1.54) is 0 Å². The number of rotatable bonds is 2. The summed E-state index contributed by atoms with van der Waals surface area (Å²) < 4.78 is 0. The van der Waals surface area contributed by atoms with Crippen molar-refractivity contribution >= 4 is 18.2 Å². The van der Waals surface area contributed by atoms with Crippen molar-refractivity contribution in [2.24, 2.45) is 16.6 Å². The molecule has 0 saturated carbocycles. The third kappa shape index (κ3) is 1.84. The van der Waals surface area contributed by atoms with Crippen LogP contribution in [-0.2, 0) is 9.59 Å². The summed E-state index contributed by atoms with van der Waals surface area (Å²) in [6.07, 6.45) is 1.03. The second kappa shape index (κ2) is 3.26.